The monoisotopic (exact) mass is 384 g/mol. The van der Waals surface area contributed by atoms with E-state index in [9.17, 15) is 4.79 Å². The van der Waals surface area contributed by atoms with Crippen LogP contribution in [0.3, 0.4) is 0 Å². The van der Waals surface area contributed by atoms with Crippen LogP contribution in [-0.2, 0) is 9.53 Å². The summed E-state index contributed by atoms with van der Waals surface area (Å²) < 4.78 is 11.5. The number of carbonyl (C=O) groups is 1. The molecule has 1 fully saturated rings. The van der Waals surface area contributed by atoms with Gasteiger partial charge in [0.1, 0.15) is 12.4 Å². The van der Waals surface area contributed by atoms with Gasteiger partial charge in [-0.1, -0.05) is 39.0 Å². The second-order valence-corrected chi connectivity index (χ2v) is 7.95. The van der Waals surface area contributed by atoms with Gasteiger partial charge >= 0.3 is 0 Å². The Kier molecular flexibility index (Phi) is 8.87. The van der Waals surface area contributed by atoms with Gasteiger partial charge in [0.2, 0.25) is 5.91 Å². The standard InChI is InChI=1S/C20H32N2O3.ClH/c1-14-7-6-8-15(2)19(14)25-13-17(20(3,4)5)22-18(23)11-16-12-24-10-9-21-16;/h6-8,16-17,21H,9-13H2,1-5H3,(H,22,23);1H. The topological polar surface area (TPSA) is 59.6 Å². The molecule has 6 heteroatoms. The second-order valence-electron chi connectivity index (χ2n) is 7.95. The van der Waals surface area contributed by atoms with Gasteiger partial charge in [-0.15, -0.1) is 12.4 Å². The maximum Gasteiger partial charge on any atom is 0.222 e. The van der Waals surface area contributed by atoms with Gasteiger partial charge in [0.15, 0.2) is 0 Å². The minimum absolute atomic E-state index is 0. The Morgan fingerprint density at radius 1 is 1.35 bits per heavy atom. The Hall–Kier alpha value is -1.30. The van der Waals surface area contributed by atoms with E-state index in [2.05, 4.69) is 31.4 Å². The summed E-state index contributed by atoms with van der Waals surface area (Å²) in [6, 6.07) is 6.14. The number of halogens is 1. The lowest BCUT2D eigenvalue weighted by molar-refractivity contribution is -0.124. The van der Waals surface area contributed by atoms with Crippen molar-refractivity contribution < 1.29 is 14.3 Å². The summed E-state index contributed by atoms with van der Waals surface area (Å²) in [5, 5.41) is 6.47. The quantitative estimate of drug-likeness (QED) is 0.791. The Bertz CT molecular complexity index is 561. The van der Waals surface area contributed by atoms with Crippen LogP contribution in [0.2, 0.25) is 0 Å². The van der Waals surface area contributed by atoms with E-state index in [4.69, 9.17) is 9.47 Å². The van der Waals surface area contributed by atoms with Crippen LogP contribution in [0.25, 0.3) is 0 Å². The van der Waals surface area contributed by atoms with E-state index in [-0.39, 0.29) is 35.8 Å². The van der Waals surface area contributed by atoms with E-state index in [0.717, 1.165) is 23.4 Å². The minimum atomic E-state index is -0.0945. The molecule has 5 nitrogen and oxygen atoms in total. The van der Waals surface area contributed by atoms with Crippen LogP contribution in [0.4, 0.5) is 0 Å². The molecule has 0 radical (unpaired) electrons. The van der Waals surface area contributed by atoms with Gasteiger partial charge in [-0.2, -0.15) is 0 Å². The van der Waals surface area contributed by atoms with E-state index < -0.39 is 0 Å². The number of carbonyl (C=O) groups excluding carboxylic acids is 1. The fraction of sp³-hybridized carbons (Fsp3) is 0.650. The maximum atomic E-state index is 12.5. The van der Waals surface area contributed by atoms with Crippen LogP contribution in [0.5, 0.6) is 5.75 Å². The highest BCUT2D eigenvalue weighted by molar-refractivity contribution is 5.85. The van der Waals surface area contributed by atoms with Gasteiger partial charge in [0, 0.05) is 19.0 Å². The molecule has 1 aliphatic rings. The van der Waals surface area contributed by atoms with Crippen LogP contribution in [0.15, 0.2) is 18.2 Å². The number of morpholine rings is 1. The molecule has 1 aliphatic heterocycles. The predicted octanol–water partition coefficient (Wildman–Crippen LogP) is 3.01. The van der Waals surface area contributed by atoms with E-state index in [1.54, 1.807) is 0 Å². The zero-order valence-corrected chi connectivity index (χ0v) is 17.4. The van der Waals surface area contributed by atoms with Crippen LogP contribution in [-0.4, -0.2) is 44.4 Å². The summed E-state index contributed by atoms with van der Waals surface area (Å²) in [6.07, 6.45) is 0.427. The first-order chi connectivity index (χ1) is 11.8. The molecule has 1 heterocycles. The lowest BCUT2D eigenvalue weighted by Gasteiger charge is -2.32. The lowest BCUT2D eigenvalue weighted by atomic mass is 9.87. The fourth-order valence-electron chi connectivity index (χ4n) is 2.93. The van der Waals surface area contributed by atoms with Crippen molar-refractivity contribution in [3.63, 3.8) is 0 Å². The Morgan fingerprint density at radius 2 is 2.00 bits per heavy atom. The summed E-state index contributed by atoms with van der Waals surface area (Å²) in [5.41, 5.74) is 2.13. The SMILES string of the molecule is Cc1cccc(C)c1OCC(NC(=O)CC1COCCN1)C(C)(C)C.Cl. The molecule has 0 bridgehead atoms. The summed E-state index contributed by atoms with van der Waals surface area (Å²) >= 11 is 0. The van der Waals surface area contributed by atoms with E-state index >= 15 is 0 Å². The molecule has 2 unspecified atom stereocenters. The molecule has 1 saturated heterocycles. The molecule has 1 aromatic carbocycles. The minimum Gasteiger partial charge on any atom is -0.491 e. The average Bonchev–Trinajstić information content (AvgIpc) is 2.53. The molecule has 0 aliphatic carbocycles. The third kappa shape index (κ3) is 6.78. The van der Waals surface area contributed by atoms with Crippen molar-refractivity contribution in [2.75, 3.05) is 26.4 Å². The normalized spacial score (nSPS) is 18.6. The molecule has 1 aromatic rings. The molecular formula is C20H33ClN2O3. The first-order valence-corrected chi connectivity index (χ1v) is 9.07. The predicted molar refractivity (Wildman–Crippen MR) is 107 cm³/mol. The summed E-state index contributed by atoms with van der Waals surface area (Å²) in [6.45, 7) is 13.0. The van der Waals surface area contributed by atoms with Gasteiger partial charge in [-0.05, 0) is 30.4 Å². The van der Waals surface area contributed by atoms with Crippen molar-refractivity contribution in [1.29, 1.82) is 0 Å². The van der Waals surface area contributed by atoms with Gasteiger partial charge in [0.25, 0.3) is 0 Å². The van der Waals surface area contributed by atoms with E-state index in [1.807, 2.05) is 32.0 Å². The van der Waals surface area contributed by atoms with Gasteiger partial charge < -0.3 is 20.1 Å². The first-order valence-electron chi connectivity index (χ1n) is 9.07. The second kappa shape index (κ2) is 10.1. The van der Waals surface area contributed by atoms with Crippen molar-refractivity contribution in [1.82, 2.24) is 10.6 Å². The number of nitrogens with one attached hydrogen (secondary N) is 2. The van der Waals surface area contributed by atoms with Crippen molar-refractivity contribution in [3.05, 3.63) is 29.3 Å². The zero-order valence-electron chi connectivity index (χ0n) is 16.6. The molecule has 0 aromatic heterocycles. The molecule has 2 atom stereocenters. The number of para-hydroxylation sites is 1. The molecular weight excluding hydrogens is 352 g/mol. The first kappa shape index (κ1) is 22.7. The van der Waals surface area contributed by atoms with Gasteiger partial charge in [-0.25, -0.2) is 0 Å². The zero-order chi connectivity index (χ0) is 18.4. The summed E-state index contributed by atoms with van der Waals surface area (Å²) in [7, 11) is 0. The molecule has 26 heavy (non-hydrogen) atoms. The number of hydrogen-bond acceptors (Lipinski definition) is 4. The molecule has 1 amide bonds. The number of hydrogen-bond donors (Lipinski definition) is 2. The molecule has 0 saturated carbocycles. The Morgan fingerprint density at radius 3 is 2.54 bits per heavy atom. The number of rotatable bonds is 6. The maximum absolute atomic E-state index is 12.5. The number of amides is 1. The fourth-order valence-corrected chi connectivity index (χ4v) is 2.93. The van der Waals surface area contributed by atoms with Crippen molar-refractivity contribution in [3.8, 4) is 5.75 Å². The third-order valence-electron chi connectivity index (χ3n) is 4.61. The molecule has 2 N–H and O–H groups in total. The lowest BCUT2D eigenvalue weighted by Crippen LogP contribution is -2.50. The van der Waals surface area contributed by atoms with E-state index in [1.165, 1.54) is 0 Å². The van der Waals surface area contributed by atoms with Crippen molar-refractivity contribution in [2.45, 2.75) is 53.1 Å². The van der Waals surface area contributed by atoms with Crippen LogP contribution in [0.1, 0.15) is 38.3 Å². The highest BCUT2D eigenvalue weighted by atomic mass is 35.5. The van der Waals surface area contributed by atoms with Crippen LogP contribution < -0.4 is 15.4 Å². The smallest absolute Gasteiger partial charge is 0.222 e. The van der Waals surface area contributed by atoms with E-state index in [0.29, 0.717) is 26.2 Å². The van der Waals surface area contributed by atoms with Crippen molar-refractivity contribution >= 4 is 18.3 Å². The van der Waals surface area contributed by atoms with Crippen LogP contribution in [0, 0.1) is 19.3 Å². The third-order valence-corrected chi connectivity index (χ3v) is 4.61. The van der Waals surface area contributed by atoms with Crippen LogP contribution >= 0.6 is 12.4 Å². The average molecular weight is 385 g/mol. The van der Waals surface area contributed by atoms with Gasteiger partial charge in [-0.3, -0.25) is 4.79 Å². The number of aryl methyl sites for hydroxylation is 2. The Balaban J connectivity index is 0.00000338. The highest BCUT2D eigenvalue weighted by Crippen LogP contribution is 2.25. The summed E-state index contributed by atoms with van der Waals surface area (Å²) in [4.78, 5) is 12.5. The van der Waals surface area contributed by atoms with Crippen molar-refractivity contribution in [2.24, 2.45) is 5.41 Å². The molecule has 0 spiro atoms. The largest absolute Gasteiger partial charge is 0.491 e. The highest BCUT2D eigenvalue weighted by Gasteiger charge is 2.28. The Labute approximate surface area is 163 Å². The molecule has 148 valence electrons. The number of benzene rings is 1. The summed E-state index contributed by atoms with van der Waals surface area (Å²) in [5.74, 6) is 0.946. The molecule has 2 rings (SSSR count). The number of ether oxygens (including phenoxy) is 2. The van der Waals surface area contributed by atoms with Gasteiger partial charge in [0.05, 0.1) is 19.3 Å².